The summed E-state index contributed by atoms with van der Waals surface area (Å²) in [4.78, 5) is 38.6. The van der Waals surface area contributed by atoms with E-state index in [1.54, 1.807) is 4.90 Å². The highest BCUT2D eigenvalue weighted by Gasteiger charge is 2.51. The summed E-state index contributed by atoms with van der Waals surface area (Å²) < 4.78 is 10.7. The molecule has 3 atom stereocenters. The first-order chi connectivity index (χ1) is 16.9. The van der Waals surface area contributed by atoms with E-state index in [1.165, 1.54) is 18.2 Å². The minimum absolute atomic E-state index is 0.000157. The Bertz CT molecular complexity index is 1100. The van der Waals surface area contributed by atoms with Crippen LogP contribution in [-0.2, 0) is 19.1 Å². The number of rotatable bonds is 8. The first kappa shape index (κ1) is 23.4. The number of nitrogens with one attached hydrogen (secondary N) is 1. The van der Waals surface area contributed by atoms with Crippen LogP contribution in [0.4, 0.5) is 4.79 Å². The van der Waals surface area contributed by atoms with Gasteiger partial charge in [0, 0.05) is 38.6 Å². The highest BCUT2D eigenvalue weighted by molar-refractivity contribution is 5.84. The summed E-state index contributed by atoms with van der Waals surface area (Å²) in [6.07, 6.45) is 0.580. The molecule has 2 aliphatic carbocycles. The highest BCUT2D eigenvalue weighted by Crippen LogP contribution is 2.45. The van der Waals surface area contributed by atoms with Gasteiger partial charge in [0.15, 0.2) is 0 Å². The average molecular weight is 479 g/mol. The van der Waals surface area contributed by atoms with Gasteiger partial charge in [-0.2, -0.15) is 0 Å². The van der Waals surface area contributed by atoms with Gasteiger partial charge in [-0.05, 0) is 41.0 Å². The van der Waals surface area contributed by atoms with E-state index in [1.807, 2.05) is 24.3 Å². The SMILES string of the molecule is COCC1(C(=O)O)CCN(C(=O)[C@H]2C[C@H]2CNC(=O)OCC2c3ccccc3-c3ccccc32)C1. The number of hydrogen-bond acceptors (Lipinski definition) is 5. The van der Waals surface area contributed by atoms with Crippen LogP contribution < -0.4 is 5.32 Å². The number of carbonyl (C=O) groups is 3. The minimum Gasteiger partial charge on any atom is -0.481 e. The second-order valence-electron chi connectivity index (χ2n) is 9.84. The van der Waals surface area contributed by atoms with E-state index in [4.69, 9.17) is 9.47 Å². The molecule has 3 aliphatic rings. The molecule has 2 aromatic carbocycles. The largest absolute Gasteiger partial charge is 0.481 e. The van der Waals surface area contributed by atoms with Gasteiger partial charge in [-0.1, -0.05) is 48.5 Å². The molecule has 5 rings (SSSR count). The molecular weight excluding hydrogens is 448 g/mol. The predicted octanol–water partition coefficient (Wildman–Crippen LogP) is 3.11. The molecule has 0 bridgehead atoms. The Morgan fingerprint density at radius 2 is 1.74 bits per heavy atom. The standard InChI is InChI=1S/C27H30N2O6/c1-34-16-27(25(31)32)10-11-29(15-27)24(30)22-12-17(22)13-28-26(33)35-14-23-20-8-4-2-6-18(20)19-7-3-5-9-21(19)23/h2-9,17,22-23H,10-16H2,1H3,(H,28,33)(H,31,32)/t17-,22-,27?/m0/s1. The Morgan fingerprint density at radius 1 is 1.09 bits per heavy atom. The second kappa shape index (κ2) is 9.34. The third-order valence-corrected chi connectivity index (χ3v) is 7.63. The Morgan fingerprint density at radius 3 is 2.37 bits per heavy atom. The zero-order chi connectivity index (χ0) is 24.6. The summed E-state index contributed by atoms with van der Waals surface area (Å²) in [5.74, 6) is -1.11. The van der Waals surface area contributed by atoms with E-state index in [0.29, 0.717) is 25.9 Å². The topological polar surface area (TPSA) is 105 Å². The molecular formula is C27H30N2O6. The fourth-order valence-corrected chi connectivity index (χ4v) is 5.56. The van der Waals surface area contributed by atoms with Crippen molar-refractivity contribution in [2.24, 2.45) is 17.3 Å². The van der Waals surface area contributed by atoms with Crippen LogP contribution in [0.1, 0.15) is 29.9 Å². The van der Waals surface area contributed by atoms with Gasteiger partial charge in [0.25, 0.3) is 0 Å². The maximum Gasteiger partial charge on any atom is 0.407 e. The first-order valence-electron chi connectivity index (χ1n) is 12.0. The molecule has 1 saturated carbocycles. The van der Waals surface area contributed by atoms with E-state index in [0.717, 1.165) is 11.1 Å². The van der Waals surface area contributed by atoms with Gasteiger partial charge in [0.05, 0.1) is 6.61 Å². The maximum atomic E-state index is 12.9. The van der Waals surface area contributed by atoms with E-state index in [9.17, 15) is 19.5 Å². The quantitative estimate of drug-likeness (QED) is 0.604. The molecule has 2 N–H and O–H groups in total. The van der Waals surface area contributed by atoms with Crippen LogP contribution in [0.25, 0.3) is 11.1 Å². The van der Waals surface area contributed by atoms with Crippen molar-refractivity contribution in [2.45, 2.75) is 18.8 Å². The van der Waals surface area contributed by atoms with Crippen LogP contribution in [0.3, 0.4) is 0 Å². The number of benzene rings is 2. The fraction of sp³-hybridized carbons (Fsp3) is 0.444. The van der Waals surface area contributed by atoms with Crippen LogP contribution in [0.15, 0.2) is 48.5 Å². The molecule has 2 amide bonds. The number of fused-ring (bicyclic) bond motifs is 3. The Hall–Kier alpha value is -3.39. The molecule has 1 unspecified atom stereocenters. The van der Waals surface area contributed by atoms with Crippen molar-refractivity contribution in [3.8, 4) is 11.1 Å². The molecule has 0 spiro atoms. The number of ether oxygens (including phenoxy) is 2. The summed E-state index contributed by atoms with van der Waals surface area (Å²) in [5, 5.41) is 12.4. The summed E-state index contributed by atoms with van der Waals surface area (Å²) >= 11 is 0. The van der Waals surface area contributed by atoms with Gasteiger partial charge >= 0.3 is 12.1 Å². The second-order valence-corrected chi connectivity index (χ2v) is 9.84. The Labute approximate surface area is 204 Å². The highest BCUT2D eigenvalue weighted by atomic mass is 16.5. The predicted molar refractivity (Wildman–Crippen MR) is 128 cm³/mol. The number of aliphatic carboxylic acids is 1. The van der Waals surface area contributed by atoms with Gasteiger partial charge in [-0.25, -0.2) is 4.79 Å². The number of amides is 2. The summed E-state index contributed by atoms with van der Waals surface area (Å²) in [6, 6.07) is 16.4. The van der Waals surface area contributed by atoms with E-state index >= 15 is 0 Å². The number of carboxylic acids is 1. The van der Waals surface area contributed by atoms with Gasteiger partial charge in [0.1, 0.15) is 12.0 Å². The lowest BCUT2D eigenvalue weighted by atomic mass is 9.88. The van der Waals surface area contributed by atoms with E-state index in [-0.39, 0.29) is 43.4 Å². The lowest BCUT2D eigenvalue weighted by Gasteiger charge is -2.24. The van der Waals surface area contributed by atoms with Crippen LogP contribution in [0.2, 0.25) is 0 Å². The summed E-state index contributed by atoms with van der Waals surface area (Å²) in [7, 11) is 1.47. The molecule has 1 heterocycles. The van der Waals surface area contributed by atoms with Gasteiger partial charge in [0.2, 0.25) is 5.91 Å². The zero-order valence-corrected chi connectivity index (χ0v) is 19.7. The summed E-state index contributed by atoms with van der Waals surface area (Å²) in [6.45, 7) is 1.28. The number of nitrogens with zero attached hydrogens (tertiary/aromatic N) is 1. The van der Waals surface area contributed by atoms with Crippen LogP contribution >= 0.6 is 0 Å². The molecule has 184 valence electrons. The molecule has 35 heavy (non-hydrogen) atoms. The summed E-state index contributed by atoms with van der Waals surface area (Å²) in [5.41, 5.74) is 3.64. The van der Waals surface area contributed by atoms with E-state index < -0.39 is 17.5 Å². The van der Waals surface area contributed by atoms with Crippen molar-refractivity contribution in [1.82, 2.24) is 10.2 Å². The van der Waals surface area contributed by atoms with E-state index in [2.05, 4.69) is 29.6 Å². The van der Waals surface area contributed by atoms with Gasteiger partial charge < -0.3 is 24.8 Å². The molecule has 2 aromatic rings. The monoisotopic (exact) mass is 478 g/mol. The third-order valence-electron chi connectivity index (χ3n) is 7.63. The smallest absolute Gasteiger partial charge is 0.407 e. The zero-order valence-electron chi connectivity index (χ0n) is 19.7. The average Bonchev–Trinajstić information content (AvgIpc) is 3.40. The van der Waals surface area contributed by atoms with Gasteiger partial charge in [-0.15, -0.1) is 0 Å². The number of alkyl carbamates (subject to hydrolysis) is 1. The van der Waals surface area contributed by atoms with Crippen LogP contribution in [-0.4, -0.2) is 67.9 Å². The molecule has 2 fully saturated rings. The number of hydrogen-bond donors (Lipinski definition) is 2. The third kappa shape index (κ3) is 4.38. The Kier molecular flexibility index (Phi) is 6.23. The Balaban J connectivity index is 1.10. The normalized spacial score (nSPS) is 24.5. The lowest BCUT2D eigenvalue weighted by molar-refractivity contribution is -0.151. The van der Waals surface area contributed by atoms with Crippen molar-refractivity contribution in [2.75, 3.05) is 40.0 Å². The molecule has 8 nitrogen and oxygen atoms in total. The maximum absolute atomic E-state index is 12.9. The molecule has 0 radical (unpaired) electrons. The molecule has 0 aromatic heterocycles. The van der Waals surface area contributed by atoms with Crippen molar-refractivity contribution in [3.63, 3.8) is 0 Å². The molecule has 8 heteroatoms. The first-order valence-corrected chi connectivity index (χ1v) is 12.0. The number of likely N-dealkylation sites (tertiary alicyclic amines) is 1. The van der Waals surface area contributed by atoms with Crippen molar-refractivity contribution < 1.29 is 29.0 Å². The lowest BCUT2D eigenvalue weighted by Crippen LogP contribution is -2.40. The number of methoxy groups -OCH3 is 1. The number of carboxylic acid groups (broad SMARTS) is 1. The number of carbonyl (C=O) groups excluding carboxylic acids is 2. The molecule has 1 saturated heterocycles. The van der Waals surface area contributed by atoms with Crippen LogP contribution in [0.5, 0.6) is 0 Å². The minimum atomic E-state index is -1.03. The van der Waals surface area contributed by atoms with Crippen molar-refractivity contribution in [3.05, 3.63) is 59.7 Å². The van der Waals surface area contributed by atoms with Crippen LogP contribution in [0, 0.1) is 17.3 Å². The molecule has 1 aliphatic heterocycles. The van der Waals surface area contributed by atoms with Crippen molar-refractivity contribution in [1.29, 1.82) is 0 Å². The van der Waals surface area contributed by atoms with Gasteiger partial charge in [-0.3, -0.25) is 9.59 Å². The van der Waals surface area contributed by atoms with Crippen molar-refractivity contribution >= 4 is 18.0 Å². The fourth-order valence-electron chi connectivity index (χ4n) is 5.56.